The minimum absolute atomic E-state index is 0.106. The van der Waals surface area contributed by atoms with Gasteiger partial charge in [-0.05, 0) is 6.07 Å². The van der Waals surface area contributed by atoms with Crippen LogP contribution < -0.4 is 4.90 Å². The van der Waals surface area contributed by atoms with Crippen LogP contribution in [-0.4, -0.2) is 64.8 Å². The zero-order valence-electron chi connectivity index (χ0n) is 14.7. The molecule has 0 unspecified atom stereocenters. The molecule has 1 fully saturated rings. The third-order valence-corrected chi connectivity index (χ3v) is 4.46. The lowest BCUT2D eigenvalue weighted by Crippen LogP contribution is -2.43. The third-order valence-electron chi connectivity index (χ3n) is 4.46. The standard InChI is InChI=1S/C18H20N6O2/c1-23(2)17-16(19-7-8-20-17)14-11-24(9-10-26-14)18(25)15-12-5-3-4-6-13(12)21-22-15/h3-8,14H,9-11H2,1-2H3,(H,21,22)/t14-/m0/s1. The summed E-state index contributed by atoms with van der Waals surface area (Å²) in [4.78, 5) is 25.5. The van der Waals surface area contributed by atoms with Gasteiger partial charge in [-0.15, -0.1) is 0 Å². The Bertz CT molecular complexity index is 938. The molecule has 1 aromatic carbocycles. The summed E-state index contributed by atoms with van der Waals surface area (Å²) in [5.41, 5.74) is 2.03. The van der Waals surface area contributed by atoms with Crippen molar-refractivity contribution in [1.82, 2.24) is 25.1 Å². The van der Waals surface area contributed by atoms with Crippen LogP contribution in [0.25, 0.3) is 10.9 Å². The van der Waals surface area contributed by atoms with Crippen LogP contribution in [0.4, 0.5) is 5.82 Å². The molecule has 0 aliphatic carbocycles. The molecule has 1 aliphatic heterocycles. The number of rotatable bonds is 3. The molecular formula is C18H20N6O2. The lowest BCUT2D eigenvalue weighted by Gasteiger charge is -2.33. The highest BCUT2D eigenvalue weighted by atomic mass is 16.5. The van der Waals surface area contributed by atoms with Gasteiger partial charge in [0.25, 0.3) is 5.91 Å². The van der Waals surface area contributed by atoms with Crippen molar-refractivity contribution in [2.75, 3.05) is 38.7 Å². The molecule has 1 aliphatic rings. The van der Waals surface area contributed by atoms with E-state index in [1.807, 2.05) is 43.3 Å². The van der Waals surface area contributed by atoms with E-state index in [1.165, 1.54) is 0 Å². The number of ether oxygens (including phenoxy) is 1. The fraction of sp³-hybridized carbons (Fsp3) is 0.333. The molecule has 4 rings (SSSR count). The van der Waals surface area contributed by atoms with Gasteiger partial charge in [-0.2, -0.15) is 5.10 Å². The van der Waals surface area contributed by atoms with E-state index in [-0.39, 0.29) is 12.0 Å². The second-order valence-electron chi connectivity index (χ2n) is 6.39. The molecular weight excluding hydrogens is 332 g/mol. The monoisotopic (exact) mass is 352 g/mol. The number of aromatic nitrogens is 4. The molecule has 1 atom stereocenters. The van der Waals surface area contributed by atoms with Gasteiger partial charge < -0.3 is 14.5 Å². The Labute approximate surface area is 150 Å². The van der Waals surface area contributed by atoms with E-state index < -0.39 is 0 Å². The molecule has 0 bridgehead atoms. The number of anilines is 1. The topological polar surface area (TPSA) is 87.2 Å². The van der Waals surface area contributed by atoms with E-state index in [4.69, 9.17) is 4.74 Å². The summed E-state index contributed by atoms with van der Waals surface area (Å²) in [6.45, 7) is 1.38. The number of hydrogen-bond acceptors (Lipinski definition) is 6. The van der Waals surface area contributed by atoms with Gasteiger partial charge in [0, 0.05) is 38.4 Å². The number of carbonyl (C=O) groups is 1. The highest BCUT2D eigenvalue weighted by molar-refractivity contribution is 6.04. The number of amides is 1. The lowest BCUT2D eigenvalue weighted by atomic mass is 10.1. The average molecular weight is 352 g/mol. The maximum Gasteiger partial charge on any atom is 0.275 e. The normalized spacial score (nSPS) is 17.5. The van der Waals surface area contributed by atoms with E-state index in [2.05, 4.69) is 20.2 Å². The van der Waals surface area contributed by atoms with E-state index in [0.29, 0.717) is 25.4 Å². The molecule has 3 aromatic rings. The second kappa shape index (κ2) is 6.72. The number of hydrogen-bond donors (Lipinski definition) is 1. The van der Waals surface area contributed by atoms with Crippen molar-refractivity contribution in [2.45, 2.75) is 6.10 Å². The van der Waals surface area contributed by atoms with Gasteiger partial charge in [0.15, 0.2) is 11.5 Å². The predicted octanol–water partition coefficient (Wildman–Crippen LogP) is 1.63. The fourth-order valence-corrected chi connectivity index (χ4v) is 3.19. The minimum atomic E-state index is -0.316. The second-order valence-corrected chi connectivity index (χ2v) is 6.39. The Morgan fingerprint density at radius 2 is 2.08 bits per heavy atom. The van der Waals surface area contributed by atoms with Gasteiger partial charge in [-0.3, -0.25) is 14.9 Å². The molecule has 0 spiro atoms. The van der Waals surface area contributed by atoms with Gasteiger partial charge >= 0.3 is 0 Å². The largest absolute Gasteiger partial charge is 0.368 e. The van der Waals surface area contributed by atoms with Gasteiger partial charge in [0.2, 0.25) is 0 Å². The highest BCUT2D eigenvalue weighted by Gasteiger charge is 2.30. The Hall–Kier alpha value is -3.00. The third kappa shape index (κ3) is 2.88. The maximum atomic E-state index is 13.0. The van der Waals surface area contributed by atoms with Crippen LogP contribution in [0.2, 0.25) is 0 Å². The molecule has 134 valence electrons. The molecule has 8 heteroatoms. The van der Waals surface area contributed by atoms with Crippen LogP contribution in [-0.2, 0) is 4.74 Å². The zero-order chi connectivity index (χ0) is 18.1. The lowest BCUT2D eigenvalue weighted by molar-refractivity contribution is -0.0247. The number of para-hydroxylation sites is 1. The summed E-state index contributed by atoms with van der Waals surface area (Å²) in [6.07, 6.45) is 2.98. The van der Waals surface area contributed by atoms with Crippen molar-refractivity contribution in [3.05, 3.63) is 48.0 Å². The number of morpholine rings is 1. The maximum absolute atomic E-state index is 13.0. The predicted molar refractivity (Wildman–Crippen MR) is 97.0 cm³/mol. The molecule has 2 aromatic heterocycles. The molecule has 0 radical (unpaired) electrons. The summed E-state index contributed by atoms with van der Waals surface area (Å²) in [7, 11) is 3.82. The number of H-pyrrole nitrogens is 1. The Kier molecular flexibility index (Phi) is 4.26. The van der Waals surface area contributed by atoms with E-state index in [9.17, 15) is 4.79 Å². The molecule has 0 saturated carbocycles. The summed E-state index contributed by atoms with van der Waals surface area (Å²) in [6, 6.07) is 7.62. The SMILES string of the molecule is CN(C)c1nccnc1[C@@H]1CN(C(=O)c2n[nH]c3ccccc23)CCO1. The number of benzene rings is 1. The molecule has 8 nitrogen and oxygen atoms in total. The first-order valence-electron chi connectivity index (χ1n) is 8.47. The van der Waals surface area contributed by atoms with Crippen LogP contribution in [0.15, 0.2) is 36.7 Å². The van der Waals surface area contributed by atoms with Crippen molar-refractivity contribution in [2.24, 2.45) is 0 Å². The van der Waals surface area contributed by atoms with E-state index in [0.717, 1.165) is 22.4 Å². The zero-order valence-corrected chi connectivity index (χ0v) is 14.7. The first-order chi connectivity index (χ1) is 12.6. The van der Waals surface area contributed by atoms with Gasteiger partial charge in [0.05, 0.1) is 18.7 Å². The van der Waals surface area contributed by atoms with Crippen molar-refractivity contribution in [3.8, 4) is 0 Å². The van der Waals surface area contributed by atoms with Crippen LogP contribution in [0, 0.1) is 0 Å². The number of nitrogens with one attached hydrogen (secondary N) is 1. The first-order valence-corrected chi connectivity index (χ1v) is 8.47. The summed E-state index contributed by atoms with van der Waals surface area (Å²) in [5.74, 6) is 0.642. The number of aromatic amines is 1. The summed E-state index contributed by atoms with van der Waals surface area (Å²) in [5, 5.41) is 7.97. The number of carbonyl (C=O) groups excluding carboxylic acids is 1. The van der Waals surface area contributed by atoms with Crippen molar-refractivity contribution >= 4 is 22.6 Å². The van der Waals surface area contributed by atoms with Crippen molar-refractivity contribution in [1.29, 1.82) is 0 Å². The Morgan fingerprint density at radius 3 is 2.92 bits per heavy atom. The molecule has 1 N–H and O–H groups in total. The fourth-order valence-electron chi connectivity index (χ4n) is 3.19. The summed E-state index contributed by atoms with van der Waals surface area (Å²) < 4.78 is 5.89. The first kappa shape index (κ1) is 16.5. The molecule has 26 heavy (non-hydrogen) atoms. The van der Waals surface area contributed by atoms with Crippen molar-refractivity contribution in [3.63, 3.8) is 0 Å². The minimum Gasteiger partial charge on any atom is -0.368 e. The van der Waals surface area contributed by atoms with Crippen LogP contribution in [0.5, 0.6) is 0 Å². The molecule has 1 amide bonds. The summed E-state index contributed by atoms with van der Waals surface area (Å²) >= 11 is 0. The molecule has 1 saturated heterocycles. The number of nitrogens with zero attached hydrogens (tertiary/aromatic N) is 5. The van der Waals surface area contributed by atoms with Crippen LogP contribution in [0.1, 0.15) is 22.3 Å². The Morgan fingerprint density at radius 1 is 1.27 bits per heavy atom. The quantitative estimate of drug-likeness (QED) is 0.771. The van der Waals surface area contributed by atoms with Gasteiger partial charge in [-0.1, -0.05) is 18.2 Å². The Balaban J connectivity index is 1.60. The molecule has 3 heterocycles. The van der Waals surface area contributed by atoms with E-state index >= 15 is 0 Å². The highest BCUT2D eigenvalue weighted by Crippen LogP contribution is 2.27. The van der Waals surface area contributed by atoms with Gasteiger partial charge in [0.1, 0.15) is 11.8 Å². The van der Waals surface area contributed by atoms with Crippen molar-refractivity contribution < 1.29 is 9.53 Å². The average Bonchev–Trinajstić information content (AvgIpc) is 3.11. The van der Waals surface area contributed by atoms with Crippen LogP contribution in [0.3, 0.4) is 0 Å². The van der Waals surface area contributed by atoms with Crippen LogP contribution >= 0.6 is 0 Å². The smallest absolute Gasteiger partial charge is 0.275 e. The van der Waals surface area contributed by atoms with E-state index in [1.54, 1.807) is 17.3 Å². The van der Waals surface area contributed by atoms with Gasteiger partial charge in [-0.25, -0.2) is 4.98 Å². The number of fused-ring (bicyclic) bond motifs is 1.